The Bertz CT molecular complexity index is 2870. The Hall–Kier alpha value is -6.64. The molecule has 0 unspecified atom stereocenters. The van der Waals surface area contributed by atoms with Crippen molar-refractivity contribution in [3.05, 3.63) is 204 Å². The third-order valence-electron chi connectivity index (χ3n) is 12.8. The standard InChI is InChI=1S/C56H46N2/c1-4-16-39(17-5-1)40-28-33-45(34-29-40)57(43-18-6-2-7-19-43)46-35-30-41(31-36-46)55-48-23-10-12-25-50(48)56(51-26-13-11-24-49(51)55)42-32-37-54-52(38-42)47-22-14-15-27-53(47)58(54)44-20-8-3-9-21-44/h1-9,14-22,27-38H,10-13,23-26H2. The maximum Gasteiger partial charge on any atom is 0.0541 e. The van der Waals surface area contributed by atoms with Crippen molar-refractivity contribution in [3.63, 3.8) is 0 Å². The fraction of sp³-hybridized carbons (Fsp3) is 0.143. The lowest BCUT2D eigenvalue weighted by molar-refractivity contribution is 0.662. The summed E-state index contributed by atoms with van der Waals surface area (Å²) in [5.41, 5.74) is 21.9. The van der Waals surface area contributed by atoms with Gasteiger partial charge in [-0.3, -0.25) is 0 Å². The minimum absolute atomic E-state index is 1.15. The van der Waals surface area contributed by atoms with E-state index in [-0.39, 0.29) is 0 Å². The minimum Gasteiger partial charge on any atom is -0.311 e. The second-order valence-electron chi connectivity index (χ2n) is 16.1. The topological polar surface area (TPSA) is 8.17 Å². The molecular weight excluding hydrogens is 701 g/mol. The van der Waals surface area contributed by atoms with Crippen LogP contribution in [0.2, 0.25) is 0 Å². The van der Waals surface area contributed by atoms with E-state index < -0.39 is 0 Å². The summed E-state index contributed by atoms with van der Waals surface area (Å²) in [6, 6.07) is 67.0. The Labute approximate surface area is 341 Å². The molecule has 0 fully saturated rings. The number of para-hydroxylation sites is 3. The zero-order chi connectivity index (χ0) is 38.4. The molecule has 0 saturated heterocycles. The molecule has 0 aliphatic heterocycles. The van der Waals surface area contributed by atoms with Crippen LogP contribution in [-0.4, -0.2) is 4.57 Å². The predicted molar refractivity (Wildman–Crippen MR) is 245 cm³/mol. The van der Waals surface area contributed by atoms with Gasteiger partial charge in [0.15, 0.2) is 0 Å². The van der Waals surface area contributed by atoms with Gasteiger partial charge in [-0.2, -0.15) is 0 Å². The van der Waals surface area contributed by atoms with Crippen molar-refractivity contribution in [3.8, 4) is 39.1 Å². The molecule has 11 rings (SSSR count). The highest BCUT2D eigenvalue weighted by Crippen LogP contribution is 2.48. The molecule has 8 aromatic carbocycles. The summed E-state index contributed by atoms with van der Waals surface area (Å²) in [7, 11) is 0. The van der Waals surface area contributed by atoms with Gasteiger partial charge < -0.3 is 9.47 Å². The summed E-state index contributed by atoms with van der Waals surface area (Å²) in [5.74, 6) is 0. The van der Waals surface area contributed by atoms with E-state index in [2.05, 4.69) is 191 Å². The Morgan fingerprint density at radius 3 is 1.36 bits per heavy atom. The third-order valence-corrected chi connectivity index (χ3v) is 12.8. The van der Waals surface area contributed by atoms with Crippen LogP contribution in [-0.2, 0) is 25.7 Å². The highest BCUT2D eigenvalue weighted by molar-refractivity contribution is 6.10. The number of aromatic nitrogens is 1. The van der Waals surface area contributed by atoms with Crippen LogP contribution in [0, 0.1) is 0 Å². The van der Waals surface area contributed by atoms with Crippen LogP contribution in [0.15, 0.2) is 182 Å². The van der Waals surface area contributed by atoms with E-state index in [1.54, 1.807) is 22.3 Å². The monoisotopic (exact) mass is 746 g/mol. The quantitative estimate of drug-likeness (QED) is 0.158. The van der Waals surface area contributed by atoms with Crippen molar-refractivity contribution >= 4 is 38.9 Å². The number of anilines is 3. The second kappa shape index (κ2) is 14.7. The van der Waals surface area contributed by atoms with Gasteiger partial charge in [0.25, 0.3) is 0 Å². The van der Waals surface area contributed by atoms with E-state index in [4.69, 9.17) is 0 Å². The molecule has 0 N–H and O–H groups in total. The summed E-state index contributed by atoms with van der Waals surface area (Å²) in [6.07, 6.45) is 9.59. The summed E-state index contributed by atoms with van der Waals surface area (Å²) in [6.45, 7) is 0. The highest BCUT2D eigenvalue weighted by Gasteiger charge is 2.29. The Morgan fingerprint density at radius 1 is 0.328 bits per heavy atom. The van der Waals surface area contributed by atoms with Crippen LogP contribution < -0.4 is 4.90 Å². The number of fused-ring (bicyclic) bond motifs is 5. The molecule has 2 heteroatoms. The van der Waals surface area contributed by atoms with E-state index in [0.717, 1.165) is 37.1 Å². The molecule has 0 bridgehead atoms. The van der Waals surface area contributed by atoms with Gasteiger partial charge in [0.1, 0.15) is 0 Å². The number of hydrogen-bond acceptors (Lipinski definition) is 1. The maximum absolute atomic E-state index is 2.52. The first-order valence-electron chi connectivity index (χ1n) is 21.2. The van der Waals surface area contributed by atoms with Crippen LogP contribution in [0.25, 0.3) is 60.9 Å². The van der Waals surface area contributed by atoms with Crippen LogP contribution in [0.4, 0.5) is 17.1 Å². The lowest BCUT2D eigenvalue weighted by Crippen LogP contribution is -2.15. The normalized spacial score (nSPS) is 13.7. The Morgan fingerprint density at radius 2 is 0.759 bits per heavy atom. The molecule has 1 aromatic heterocycles. The molecule has 2 nitrogen and oxygen atoms in total. The van der Waals surface area contributed by atoms with Crippen molar-refractivity contribution in [2.45, 2.75) is 51.4 Å². The van der Waals surface area contributed by atoms with Gasteiger partial charge >= 0.3 is 0 Å². The van der Waals surface area contributed by atoms with Crippen molar-refractivity contribution in [1.82, 2.24) is 4.57 Å². The van der Waals surface area contributed by atoms with Gasteiger partial charge in [0, 0.05) is 33.5 Å². The van der Waals surface area contributed by atoms with Crippen LogP contribution in [0.3, 0.4) is 0 Å². The fourth-order valence-corrected chi connectivity index (χ4v) is 10.2. The lowest BCUT2D eigenvalue weighted by Gasteiger charge is -2.32. The first kappa shape index (κ1) is 34.6. The number of nitrogens with zero attached hydrogens (tertiary/aromatic N) is 2. The number of rotatable bonds is 7. The molecule has 9 aromatic rings. The fourth-order valence-electron chi connectivity index (χ4n) is 10.2. The molecular formula is C56H46N2. The zero-order valence-corrected chi connectivity index (χ0v) is 32.9. The molecule has 0 atom stereocenters. The minimum atomic E-state index is 1.15. The molecule has 0 radical (unpaired) electrons. The van der Waals surface area contributed by atoms with Gasteiger partial charge in [-0.1, -0.05) is 115 Å². The van der Waals surface area contributed by atoms with Crippen LogP contribution in [0.5, 0.6) is 0 Å². The van der Waals surface area contributed by atoms with Crippen molar-refractivity contribution in [2.75, 3.05) is 4.90 Å². The molecule has 2 aliphatic carbocycles. The smallest absolute Gasteiger partial charge is 0.0541 e. The van der Waals surface area contributed by atoms with E-state index in [1.165, 1.54) is 92.2 Å². The second-order valence-corrected chi connectivity index (χ2v) is 16.1. The van der Waals surface area contributed by atoms with Crippen molar-refractivity contribution in [2.24, 2.45) is 0 Å². The van der Waals surface area contributed by atoms with E-state index in [1.807, 2.05) is 0 Å². The van der Waals surface area contributed by atoms with E-state index in [0.29, 0.717) is 0 Å². The molecule has 0 amide bonds. The van der Waals surface area contributed by atoms with Crippen molar-refractivity contribution < 1.29 is 0 Å². The van der Waals surface area contributed by atoms with Gasteiger partial charge in [-0.15, -0.1) is 0 Å². The summed E-state index contributed by atoms with van der Waals surface area (Å²) < 4.78 is 2.44. The first-order chi connectivity index (χ1) is 28.8. The van der Waals surface area contributed by atoms with Gasteiger partial charge in [0.05, 0.1) is 11.0 Å². The molecule has 280 valence electrons. The highest BCUT2D eigenvalue weighted by atomic mass is 15.1. The van der Waals surface area contributed by atoms with E-state index >= 15 is 0 Å². The first-order valence-corrected chi connectivity index (χ1v) is 21.2. The molecule has 0 saturated carbocycles. The number of hydrogen-bond donors (Lipinski definition) is 0. The molecule has 2 aliphatic rings. The van der Waals surface area contributed by atoms with Crippen LogP contribution >= 0.6 is 0 Å². The SMILES string of the molecule is c1ccc(-c2ccc(N(c3ccccc3)c3ccc(-c4c5c(c(-c6ccc7c(c6)c6ccccc6n7-c6ccccc6)c6c4CCCC6)CCCC5)cc3)cc2)cc1. The Balaban J connectivity index is 1.03. The third kappa shape index (κ3) is 5.94. The van der Waals surface area contributed by atoms with Gasteiger partial charge in [-0.25, -0.2) is 0 Å². The number of benzene rings is 8. The average molecular weight is 747 g/mol. The zero-order valence-electron chi connectivity index (χ0n) is 32.9. The largest absolute Gasteiger partial charge is 0.311 e. The predicted octanol–water partition coefficient (Wildman–Crippen LogP) is 15.0. The maximum atomic E-state index is 2.52. The van der Waals surface area contributed by atoms with Crippen LogP contribution in [0.1, 0.15) is 47.9 Å². The molecule has 0 spiro atoms. The summed E-state index contributed by atoms with van der Waals surface area (Å²) >= 11 is 0. The summed E-state index contributed by atoms with van der Waals surface area (Å²) in [4.78, 5) is 2.39. The molecule has 1 heterocycles. The van der Waals surface area contributed by atoms with Gasteiger partial charge in [-0.05, 0) is 174 Å². The Kier molecular flexibility index (Phi) is 8.77. The summed E-state index contributed by atoms with van der Waals surface area (Å²) in [5, 5.41) is 2.66. The van der Waals surface area contributed by atoms with Gasteiger partial charge in [0.2, 0.25) is 0 Å². The average Bonchev–Trinajstić information content (AvgIpc) is 3.63. The lowest BCUT2D eigenvalue weighted by atomic mass is 9.73. The van der Waals surface area contributed by atoms with E-state index in [9.17, 15) is 0 Å². The van der Waals surface area contributed by atoms with Crippen molar-refractivity contribution in [1.29, 1.82) is 0 Å². The molecule has 58 heavy (non-hydrogen) atoms.